The molecule has 0 bridgehead atoms. The third-order valence-corrected chi connectivity index (χ3v) is 4.11. The molecule has 1 aliphatic carbocycles. The summed E-state index contributed by atoms with van der Waals surface area (Å²) in [4.78, 5) is 12.3. The number of carbonyl (C=O) groups is 1. The molecule has 0 radical (unpaired) electrons. The van der Waals surface area contributed by atoms with Gasteiger partial charge in [-0.2, -0.15) is 4.68 Å². The average molecular weight is 341 g/mol. The van der Waals surface area contributed by atoms with E-state index in [2.05, 4.69) is 20.8 Å². The van der Waals surface area contributed by atoms with Crippen molar-refractivity contribution >= 4 is 11.6 Å². The molecule has 7 nitrogen and oxygen atoms in total. The maximum absolute atomic E-state index is 14.1. The van der Waals surface area contributed by atoms with Gasteiger partial charge < -0.3 is 9.73 Å². The molecule has 0 spiro atoms. The highest BCUT2D eigenvalue weighted by atomic mass is 19.1. The van der Waals surface area contributed by atoms with Gasteiger partial charge in [-0.1, -0.05) is 6.92 Å². The van der Waals surface area contributed by atoms with Crippen molar-refractivity contribution in [2.24, 2.45) is 0 Å². The fourth-order valence-corrected chi connectivity index (χ4v) is 2.59. The average Bonchev–Trinajstić information content (AvgIpc) is 3.15. The topological polar surface area (TPSA) is 85.8 Å². The predicted molar refractivity (Wildman–Crippen MR) is 87.1 cm³/mol. The number of hydrogen-bond acceptors (Lipinski definition) is 5. The summed E-state index contributed by atoms with van der Waals surface area (Å²) >= 11 is 0. The standard InChI is InChI=1S/C17H16FN5O2/c1-2-12-6-8-15(25-12)17(24)19-14-9-11(5-7-13(14)18)23-16(10-3-4-10)20-21-22-23/h5-10H,2-4H2,1H3,(H,19,24). The molecule has 2 aromatic heterocycles. The number of nitrogens with one attached hydrogen (secondary N) is 1. The highest BCUT2D eigenvalue weighted by Crippen LogP contribution is 2.39. The Bertz CT molecular complexity index is 929. The van der Waals surface area contributed by atoms with Gasteiger partial charge in [-0.25, -0.2) is 4.39 Å². The van der Waals surface area contributed by atoms with Gasteiger partial charge in [-0.05, 0) is 53.6 Å². The Morgan fingerprint density at radius 1 is 1.36 bits per heavy atom. The predicted octanol–water partition coefficient (Wildman–Crippen LogP) is 3.09. The van der Waals surface area contributed by atoms with Gasteiger partial charge in [-0.15, -0.1) is 5.10 Å². The Kier molecular flexibility index (Phi) is 3.79. The first-order chi connectivity index (χ1) is 12.2. The lowest BCUT2D eigenvalue weighted by Crippen LogP contribution is -2.13. The quantitative estimate of drug-likeness (QED) is 0.771. The van der Waals surface area contributed by atoms with E-state index >= 15 is 0 Å². The third kappa shape index (κ3) is 3.02. The fraction of sp³-hybridized carbons (Fsp3) is 0.294. The molecule has 1 amide bonds. The number of aryl methyl sites for hydroxylation is 1. The van der Waals surface area contributed by atoms with Crippen LogP contribution in [0.3, 0.4) is 0 Å². The molecular weight excluding hydrogens is 325 g/mol. The Labute approximate surface area is 142 Å². The minimum atomic E-state index is -0.541. The first kappa shape index (κ1) is 15.5. The lowest BCUT2D eigenvalue weighted by atomic mass is 10.2. The van der Waals surface area contributed by atoms with Crippen molar-refractivity contribution in [1.82, 2.24) is 20.2 Å². The first-order valence-electron chi connectivity index (χ1n) is 8.14. The summed E-state index contributed by atoms with van der Waals surface area (Å²) in [6.45, 7) is 1.92. The van der Waals surface area contributed by atoms with E-state index in [0.717, 1.165) is 18.7 Å². The second kappa shape index (κ2) is 6.12. The molecular formula is C17H16FN5O2. The van der Waals surface area contributed by atoms with Crippen LogP contribution in [0.4, 0.5) is 10.1 Å². The molecule has 1 N–H and O–H groups in total. The van der Waals surface area contributed by atoms with Gasteiger partial charge in [0.15, 0.2) is 11.6 Å². The second-order valence-corrected chi connectivity index (χ2v) is 5.96. The van der Waals surface area contributed by atoms with E-state index in [-0.39, 0.29) is 11.4 Å². The summed E-state index contributed by atoms with van der Waals surface area (Å²) in [5, 5.41) is 14.2. The van der Waals surface area contributed by atoms with Gasteiger partial charge in [0.1, 0.15) is 11.6 Å². The van der Waals surface area contributed by atoms with E-state index in [0.29, 0.717) is 23.8 Å². The Hall–Kier alpha value is -3.03. The number of rotatable bonds is 5. The zero-order chi connectivity index (χ0) is 17.4. The minimum absolute atomic E-state index is 0.0502. The zero-order valence-corrected chi connectivity index (χ0v) is 13.6. The molecule has 0 atom stereocenters. The van der Waals surface area contributed by atoms with E-state index in [4.69, 9.17) is 4.42 Å². The van der Waals surface area contributed by atoms with Gasteiger partial charge in [0.25, 0.3) is 5.91 Å². The number of aromatic nitrogens is 4. The molecule has 3 aromatic rings. The number of tetrazole rings is 1. The smallest absolute Gasteiger partial charge is 0.291 e. The largest absolute Gasteiger partial charge is 0.456 e. The van der Waals surface area contributed by atoms with Crippen molar-refractivity contribution in [1.29, 1.82) is 0 Å². The summed E-state index contributed by atoms with van der Waals surface area (Å²) in [6.07, 6.45) is 2.77. The molecule has 4 rings (SSSR count). The van der Waals surface area contributed by atoms with Crippen molar-refractivity contribution in [3.05, 3.63) is 53.5 Å². The van der Waals surface area contributed by atoms with Gasteiger partial charge >= 0.3 is 0 Å². The van der Waals surface area contributed by atoms with Crippen molar-refractivity contribution in [2.75, 3.05) is 5.32 Å². The number of carbonyl (C=O) groups excluding carboxylic acids is 1. The van der Waals surface area contributed by atoms with Crippen LogP contribution in [0.15, 0.2) is 34.7 Å². The summed E-state index contributed by atoms with van der Waals surface area (Å²) in [5.41, 5.74) is 0.645. The molecule has 1 saturated carbocycles. The van der Waals surface area contributed by atoms with Crippen LogP contribution in [0, 0.1) is 5.82 Å². The molecule has 128 valence electrons. The zero-order valence-electron chi connectivity index (χ0n) is 13.6. The summed E-state index contributed by atoms with van der Waals surface area (Å²) in [6, 6.07) is 7.67. The molecule has 25 heavy (non-hydrogen) atoms. The van der Waals surface area contributed by atoms with Crippen LogP contribution in [-0.2, 0) is 6.42 Å². The highest BCUT2D eigenvalue weighted by Gasteiger charge is 2.30. The van der Waals surface area contributed by atoms with Crippen LogP contribution >= 0.6 is 0 Å². The van der Waals surface area contributed by atoms with Crippen LogP contribution in [0.25, 0.3) is 5.69 Å². The molecule has 0 aliphatic heterocycles. The summed E-state index contributed by atoms with van der Waals surface area (Å²) in [7, 11) is 0. The molecule has 0 saturated heterocycles. The van der Waals surface area contributed by atoms with E-state index in [9.17, 15) is 9.18 Å². The summed E-state index contributed by atoms with van der Waals surface area (Å²) in [5.74, 6) is 0.886. The van der Waals surface area contributed by atoms with Crippen molar-refractivity contribution < 1.29 is 13.6 Å². The Balaban J connectivity index is 1.61. The highest BCUT2D eigenvalue weighted by molar-refractivity contribution is 6.02. The second-order valence-electron chi connectivity index (χ2n) is 5.96. The minimum Gasteiger partial charge on any atom is -0.456 e. The van der Waals surface area contributed by atoms with Crippen LogP contribution in [0.2, 0.25) is 0 Å². The number of amides is 1. The number of hydrogen-bond donors (Lipinski definition) is 1. The lowest BCUT2D eigenvalue weighted by Gasteiger charge is -2.09. The van der Waals surface area contributed by atoms with E-state index in [1.165, 1.54) is 12.1 Å². The molecule has 0 unspecified atom stereocenters. The van der Waals surface area contributed by atoms with Gasteiger partial charge in [0.2, 0.25) is 0 Å². The molecule has 1 aromatic carbocycles. The normalized spacial score (nSPS) is 13.8. The first-order valence-corrected chi connectivity index (χ1v) is 8.14. The Morgan fingerprint density at radius 3 is 2.92 bits per heavy atom. The fourth-order valence-electron chi connectivity index (χ4n) is 2.59. The van der Waals surface area contributed by atoms with Crippen LogP contribution in [0.5, 0.6) is 0 Å². The number of benzene rings is 1. The Morgan fingerprint density at radius 2 is 2.20 bits per heavy atom. The number of halogens is 1. The van der Waals surface area contributed by atoms with E-state index in [1.807, 2.05) is 6.92 Å². The molecule has 1 aliphatic rings. The van der Waals surface area contributed by atoms with Gasteiger partial charge in [0, 0.05) is 12.3 Å². The van der Waals surface area contributed by atoms with Crippen LogP contribution < -0.4 is 5.32 Å². The van der Waals surface area contributed by atoms with Crippen molar-refractivity contribution in [2.45, 2.75) is 32.1 Å². The maximum atomic E-state index is 14.1. The maximum Gasteiger partial charge on any atom is 0.291 e. The van der Waals surface area contributed by atoms with Gasteiger partial charge in [0.05, 0.1) is 11.4 Å². The van der Waals surface area contributed by atoms with E-state index in [1.54, 1.807) is 22.9 Å². The van der Waals surface area contributed by atoms with Crippen LogP contribution in [0.1, 0.15) is 47.8 Å². The lowest BCUT2D eigenvalue weighted by molar-refractivity contribution is 0.0994. The SMILES string of the molecule is CCc1ccc(C(=O)Nc2cc(-n3nnnc3C3CC3)ccc2F)o1. The molecule has 2 heterocycles. The monoisotopic (exact) mass is 341 g/mol. The van der Waals surface area contributed by atoms with Gasteiger partial charge in [-0.3, -0.25) is 4.79 Å². The number of nitrogens with zero attached hydrogens (tertiary/aromatic N) is 4. The van der Waals surface area contributed by atoms with Crippen molar-refractivity contribution in [3.63, 3.8) is 0 Å². The van der Waals surface area contributed by atoms with Crippen molar-refractivity contribution in [3.8, 4) is 5.69 Å². The van der Waals surface area contributed by atoms with Crippen LogP contribution in [-0.4, -0.2) is 26.1 Å². The number of furan rings is 1. The third-order valence-electron chi connectivity index (χ3n) is 4.11. The molecule has 1 fully saturated rings. The number of anilines is 1. The molecule has 8 heteroatoms. The van der Waals surface area contributed by atoms with E-state index < -0.39 is 11.7 Å². The summed E-state index contributed by atoms with van der Waals surface area (Å²) < 4.78 is 21.1.